The van der Waals surface area contributed by atoms with Crippen LogP contribution in [0.4, 0.5) is 0 Å². The number of hydrogen-bond donors (Lipinski definition) is 1. The first-order valence-electron chi connectivity index (χ1n) is 7.36. The van der Waals surface area contributed by atoms with Gasteiger partial charge in [-0.3, -0.25) is 4.79 Å². The van der Waals surface area contributed by atoms with Crippen molar-refractivity contribution in [3.05, 3.63) is 65.1 Å². The van der Waals surface area contributed by atoms with Gasteiger partial charge in [-0.1, -0.05) is 6.07 Å². The predicted molar refractivity (Wildman–Crippen MR) is 92.1 cm³/mol. The Balaban J connectivity index is 2.20. The fourth-order valence-electron chi connectivity index (χ4n) is 2.64. The number of nitrogens with one attached hydrogen (secondary N) is 1. The number of methoxy groups -OCH3 is 2. The Bertz CT molecular complexity index is 953. The summed E-state index contributed by atoms with van der Waals surface area (Å²) in [4.78, 5) is 17.6. The quantitative estimate of drug-likeness (QED) is 0.433. The molecule has 2 heterocycles. The molecule has 0 spiro atoms. The molecule has 8 nitrogen and oxygen atoms in total. The van der Waals surface area contributed by atoms with Crippen LogP contribution in [0.3, 0.4) is 0 Å². The van der Waals surface area contributed by atoms with E-state index in [1.807, 2.05) is 24.3 Å². The monoisotopic (exact) mass is 337 g/mol. The molecule has 0 unspecified atom stereocenters. The van der Waals surface area contributed by atoms with Crippen LogP contribution in [0.5, 0.6) is 11.5 Å². The zero-order chi connectivity index (χ0) is 17.8. The van der Waals surface area contributed by atoms with Crippen LogP contribution in [0.2, 0.25) is 0 Å². The number of benzene rings is 1. The number of hydrogen-bond acceptors (Lipinski definition) is 3. The van der Waals surface area contributed by atoms with Gasteiger partial charge in [0, 0.05) is 29.1 Å². The predicted octanol–water partition coefficient (Wildman–Crippen LogP) is 3.94. The van der Waals surface area contributed by atoms with Gasteiger partial charge in [0.2, 0.25) is 0 Å². The van der Waals surface area contributed by atoms with Crippen LogP contribution in [0.1, 0.15) is 10.5 Å². The third-order valence-corrected chi connectivity index (χ3v) is 3.76. The summed E-state index contributed by atoms with van der Waals surface area (Å²) >= 11 is 0. The highest BCUT2D eigenvalue weighted by Crippen LogP contribution is 2.36. The van der Waals surface area contributed by atoms with Crippen molar-refractivity contribution in [2.45, 2.75) is 0 Å². The highest BCUT2D eigenvalue weighted by Gasteiger charge is 2.20. The number of ether oxygens (including phenoxy) is 2. The van der Waals surface area contributed by atoms with Gasteiger partial charge in [0.15, 0.2) is 11.5 Å². The molecule has 0 aliphatic heterocycles. The Morgan fingerprint density at radius 2 is 1.92 bits per heavy atom. The first kappa shape index (κ1) is 16.2. The van der Waals surface area contributed by atoms with Crippen molar-refractivity contribution in [2.24, 2.45) is 5.11 Å². The molecule has 0 aliphatic rings. The van der Waals surface area contributed by atoms with Crippen molar-refractivity contribution < 1.29 is 14.3 Å². The van der Waals surface area contributed by atoms with Crippen LogP contribution in [-0.2, 0) is 0 Å². The van der Waals surface area contributed by atoms with Crippen LogP contribution in [0.15, 0.2) is 54.0 Å². The SMILES string of the molecule is COc1ccc(-c2c[nH]c(C(=O)N=[N+]=[N-])c2-n2cccc2)cc1OC. The Morgan fingerprint density at radius 3 is 2.56 bits per heavy atom. The minimum atomic E-state index is -0.682. The fourth-order valence-corrected chi connectivity index (χ4v) is 2.64. The van der Waals surface area contributed by atoms with Gasteiger partial charge >= 0.3 is 0 Å². The van der Waals surface area contributed by atoms with Crippen molar-refractivity contribution in [1.29, 1.82) is 0 Å². The summed E-state index contributed by atoms with van der Waals surface area (Å²) in [5.74, 6) is 0.496. The third kappa shape index (κ3) is 2.93. The first-order valence-corrected chi connectivity index (χ1v) is 7.36. The summed E-state index contributed by atoms with van der Waals surface area (Å²) in [7, 11) is 3.12. The summed E-state index contributed by atoms with van der Waals surface area (Å²) in [5.41, 5.74) is 10.9. The molecule has 0 radical (unpaired) electrons. The van der Waals surface area contributed by atoms with Crippen molar-refractivity contribution in [2.75, 3.05) is 14.2 Å². The molecule has 1 N–H and O–H groups in total. The Labute approximate surface area is 143 Å². The minimum absolute atomic E-state index is 0.207. The van der Waals surface area contributed by atoms with E-state index in [1.165, 1.54) is 0 Å². The van der Waals surface area contributed by atoms with Crippen LogP contribution < -0.4 is 9.47 Å². The van der Waals surface area contributed by atoms with Crippen LogP contribution in [-0.4, -0.2) is 29.7 Å². The van der Waals surface area contributed by atoms with Gasteiger partial charge in [-0.2, -0.15) is 0 Å². The highest BCUT2D eigenvalue weighted by atomic mass is 16.5. The molecule has 2 aromatic heterocycles. The summed E-state index contributed by atoms with van der Waals surface area (Å²) in [6, 6.07) is 9.14. The maximum absolute atomic E-state index is 12.1. The highest BCUT2D eigenvalue weighted by molar-refractivity contribution is 6.00. The minimum Gasteiger partial charge on any atom is -0.493 e. The fraction of sp³-hybridized carbons (Fsp3) is 0.118. The number of azide groups is 1. The summed E-state index contributed by atoms with van der Waals surface area (Å²) in [6.45, 7) is 0. The smallest absolute Gasteiger partial charge is 0.267 e. The number of aromatic nitrogens is 2. The molecular formula is C17H15N5O3. The summed E-state index contributed by atoms with van der Waals surface area (Å²) in [5, 5.41) is 3.19. The average Bonchev–Trinajstić information content (AvgIpc) is 3.30. The van der Waals surface area contributed by atoms with Crippen molar-refractivity contribution >= 4 is 5.91 Å². The number of rotatable bonds is 5. The van der Waals surface area contributed by atoms with Gasteiger partial charge in [-0.25, -0.2) is 0 Å². The molecule has 0 atom stereocenters. The number of carbonyl (C=O) groups is 1. The zero-order valence-electron chi connectivity index (χ0n) is 13.6. The van der Waals surface area contributed by atoms with Gasteiger partial charge in [0.25, 0.3) is 5.91 Å². The van der Waals surface area contributed by atoms with E-state index in [0.717, 1.165) is 11.1 Å². The number of amides is 1. The molecule has 126 valence electrons. The van der Waals surface area contributed by atoms with Crippen molar-refractivity contribution in [3.8, 4) is 28.3 Å². The lowest BCUT2D eigenvalue weighted by atomic mass is 10.1. The van der Waals surface area contributed by atoms with Crippen molar-refractivity contribution in [1.82, 2.24) is 9.55 Å². The van der Waals surface area contributed by atoms with Crippen LogP contribution >= 0.6 is 0 Å². The van der Waals surface area contributed by atoms with E-state index in [9.17, 15) is 4.79 Å². The first-order chi connectivity index (χ1) is 12.2. The lowest BCUT2D eigenvalue weighted by Crippen LogP contribution is -2.02. The second-order valence-corrected chi connectivity index (χ2v) is 5.08. The summed E-state index contributed by atoms with van der Waals surface area (Å²) < 4.78 is 12.4. The number of nitrogens with zero attached hydrogens (tertiary/aromatic N) is 4. The van der Waals surface area contributed by atoms with E-state index < -0.39 is 5.91 Å². The molecule has 1 aromatic carbocycles. The second kappa shape index (κ2) is 6.86. The lowest BCUT2D eigenvalue weighted by molar-refractivity contribution is 0.0996. The van der Waals surface area contributed by atoms with Gasteiger partial charge in [-0.15, -0.1) is 0 Å². The lowest BCUT2D eigenvalue weighted by Gasteiger charge is -2.11. The third-order valence-electron chi connectivity index (χ3n) is 3.76. The zero-order valence-corrected chi connectivity index (χ0v) is 13.6. The maximum Gasteiger partial charge on any atom is 0.267 e. The van der Waals surface area contributed by atoms with Gasteiger partial charge in [0.05, 0.1) is 19.9 Å². The molecular weight excluding hydrogens is 322 g/mol. The molecule has 3 aromatic rings. The normalized spacial score (nSPS) is 10.2. The van der Waals surface area contributed by atoms with E-state index in [0.29, 0.717) is 17.2 Å². The molecule has 8 heteroatoms. The number of carbonyl (C=O) groups excluding carboxylic acids is 1. The van der Waals surface area contributed by atoms with E-state index in [-0.39, 0.29) is 5.69 Å². The second-order valence-electron chi connectivity index (χ2n) is 5.08. The molecule has 25 heavy (non-hydrogen) atoms. The average molecular weight is 337 g/mol. The van der Waals surface area contributed by atoms with Gasteiger partial charge in [0.1, 0.15) is 5.69 Å². The Hall–Kier alpha value is -3.64. The Kier molecular flexibility index (Phi) is 4.45. The van der Waals surface area contributed by atoms with E-state index in [2.05, 4.69) is 15.0 Å². The molecule has 0 saturated heterocycles. The Morgan fingerprint density at radius 1 is 1.20 bits per heavy atom. The van der Waals surface area contributed by atoms with E-state index in [1.54, 1.807) is 43.4 Å². The molecule has 0 aliphatic carbocycles. The van der Waals surface area contributed by atoms with Gasteiger partial charge < -0.3 is 19.0 Å². The van der Waals surface area contributed by atoms with E-state index in [4.69, 9.17) is 15.0 Å². The standard InChI is InChI=1S/C17H15N5O3/c1-24-13-6-5-11(9-14(13)25-2)12-10-19-15(17(23)20-21-18)16(12)22-7-3-4-8-22/h3-10,19H,1-2H3. The number of aromatic amines is 1. The largest absolute Gasteiger partial charge is 0.493 e. The number of H-pyrrole nitrogens is 1. The molecule has 3 rings (SSSR count). The summed E-state index contributed by atoms with van der Waals surface area (Å²) in [6.07, 6.45) is 5.30. The molecule has 0 fully saturated rings. The molecule has 0 saturated carbocycles. The van der Waals surface area contributed by atoms with Crippen LogP contribution in [0, 0.1) is 0 Å². The molecule has 0 bridgehead atoms. The topological polar surface area (TPSA) is 105 Å². The molecule has 1 amide bonds. The maximum atomic E-state index is 12.1. The van der Waals surface area contributed by atoms with E-state index >= 15 is 0 Å². The van der Waals surface area contributed by atoms with Gasteiger partial charge in [-0.05, 0) is 40.5 Å². The van der Waals surface area contributed by atoms with Crippen molar-refractivity contribution in [3.63, 3.8) is 0 Å². The van der Waals surface area contributed by atoms with Crippen LogP contribution in [0.25, 0.3) is 27.3 Å².